The van der Waals surface area contributed by atoms with Crippen LogP contribution in [0.25, 0.3) is 0 Å². The van der Waals surface area contributed by atoms with E-state index in [1.807, 2.05) is 158 Å². The van der Waals surface area contributed by atoms with Gasteiger partial charge in [0, 0.05) is 171 Å². The van der Waals surface area contributed by atoms with Crippen LogP contribution in [0.3, 0.4) is 0 Å². The van der Waals surface area contributed by atoms with Crippen LogP contribution >= 0.6 is 76.1 Å². The number of hydrogen-bond acceptors (Lipinski definition) is 15. The molecule has 0 saturated heterocycles. The van der Waals surface area contributed by atoms with Crippen LogP contribution in [0.1, 0.15) is 59.1 Å². The predicted octanol–water partition coefficient (Wildman–Crippen LogP) is 9.74. The SMILES string of the molecule is C[P+](C)(C)CCCSC[C@H](NC(=O)[C@H](Cc1ccccc1)NC(=O)[C@H](Cc1ccccc1)NC(=O)[C@H](CSCCC[P+](C)(C)C)NC(=O)[C@H](Cc1ccccc1)NC(=O)[C@H](Cc1ccccc1)NC(=O)[C@H](CSCCC[P+](C)(C)C)NC(=O)[C@H](Cc1ccccc1)NC(=O)[C@H](Cc1ccccc1)NC(=O)[C@@H](N)CSCCC[P+](C)(C)C)C(N)=O. The van der Waals surface area contributed by atoms with Crippen LogP contribution in [0.5, 0.6) is 0 Å². The first-order chi connectivity index (χ1) is 56.5. The second kappa shape index (κ2) is 52.5. The molecule has 29 heteroatoms. The number of carbonyl (C=O) groups excluding carboxylic acids is 10. The summed E-state index contributed by atoms with van der Waals surface area (Å²) in [5, 5.41) is 26.6. The number of primary amides is 1. The summed E-state index contributed by atoms with van der Waals surface area (Å²) in [4.78, 5) is 149. The standard InChI is InChI=1S/C90H129N11O10P4S4/c1-112(2,3)47-31-51-116-61-71(91)82(103)93-72(55-65-35-19-13-20-36-65)83(104)95-76(59-69-43-27-17-28-44-69)87(108)100-79(63-118-53-33-49-114(7,8)9)90(111)98-74(57-67-39-23-15-24-40-67)85(106)96-77(60-70-45-29-18-30-46-70)88(109)101-80(64-119-54-34-50-115(10,11)12)89(110)97-73(56-66-37-21-14-22-38-66)84(105)94-75(58-68-41-25-16-26-42-68)86(107)99-78(81(92)102)62-117-52-32-48-113(4,5)6/h13-30,35-46,71-80H,31-34,47-64,91H2,1-12H3,(H7-4,92,93,94,95,96,97,98,99,100,101,102,103,104,105,106,107,108,109,110,111)/p+4/t71-,72-,73-,74-,75-,76-,77-,78-,79-,80-/m0/s1. The van der Waals surface area contributed by atoms with Crippen molar-refractivity contribution in [2.75, 3.05) is 151 Å². The van der Waals surface area contributed by atoms with Crippen molar-refractivity contribution in [3.05, 3.63) is 215 Å². The number of nitrogens with one attached hydrogen (secondary N) is 9. The van der Waals surface area contributed by atoms with Gasteiger partial charge in [-0.3, -0.25) is 47.9 Å². The first kappa shape index (κ1) is 101. The lowest BCUT2D eigenvalue weighted by Crippen LogP contribution is -2.62. The van der Waals surface area contributed by atoms with E-state index in [0.29, 0.717) is 45.1 Å². The van der Waals surface area contributed by atoms with Gasteiger partial charge in [0.15, 0.2) is 0 Å². The molecule has 119 heavy (non-hydrogen) atoms. The fraction of sp³-hybridized carbons (Fsp3) is 0.489. The molecule has 0 bridgehead atoms. The molecule has 0 aliphatic rings. The van der Waals surface area contributed by atoms with Crippen LogP contribution in [-0.2, 0) is 86.5 Å². The fourth-order valence-corrected chi connectivity index (χ4v) is 22.0. The molecule has 0 heterocycles. The summed E-state index contributed by atoms with van der Waals surface area (Å²) in [7, 11) is -4.39. The third-order valence-corrected chi connectivity index (χ3v) is 30.6. The van der Waals surface area contributed by atoms with Gasteiger partial charge in [0.2, 0.25) is 59.1 Å². The summed E-state index contributed by atoms with van der Waals surface area (Å²) in [5.74, 6) is -3.26. The average Bonchev–Trinajstić information content (AvgIpc) is 0.844. The molecular formula is C90H133N11O10P4S4+4. The van der Waals surface area contributed by atoms with E-state index < -0.39 is 149 Å². The Morgan fingerprint density at radius 1 is 0.252 bits per heavy atom. The van der Waals surface area contributed by atoms with E-state index in [0.717, 1.165) is 67.4 Å². The lowest BCUT2D eigenvalue weighted by molar-refractivity contribution is -0.135. The summed E-state index contributed by atoms with van der Waals surface area (Å²) < 4.78 is 0. The minimum Gasteiger partial charge on any atom is -0.368 e. The van der Waals surface area contributed by atoms with Crippen LogP contribution in [0, 0.1) is 0 Å². The van der Waals surface area contributed by atoms with Crippen LogP contribution in [0.2, 0.25) is 0 Å². The van der Waals surface area contributed by atoms with Gasteiger partial charge in [0.1, 0.15) is 54.4 Å². The van der Waals surface area contributed by atoms with Crippen LogP contribution in [0.15, 0.2) is 182 Å². The van der Waals surface area contributed by atoms with Crippen LogP contribution in [-0.4, -0.2) is 270 Å². The molecule has 6 aromatic rings. The highest BCUT2D eigenvalue weighted by Gasteiger charge is 2.38. The smallest absolute Gasteiger partial charge is 0.244 e. The number of amides is 10. The minimum atomic E-state index is -1.38. The van der Waals surface area contributed by atoms with Crippen molar-refractivity contribution >= 4 is 135 Å². The maximum absolute atomic E-state index is 15.6. The molecule has 0 aliphatic heterocycles. The summed E-state index contributed by atoms with van der Waals surface area (Å²) in [5.41, 5.74) is 16.6. The van der Waals surface area contributed by atoms with Gasteiger partial charge in [-0.2, -0.15) is 47.0 Å². The maximum atomic E-state index is 15.6. The van der Waals surface area contributed by atoms with Gasteiger partial charge < -0.3 is 59.3 Å². The summed E-state index contributed by atoms with van der Waals surface area (Å²) in [6, 6.07) is 42.3. The fourth-order valence-electron chi connectivity index (χ4n) is 12.8. The highest BCUT2D eigenvalue weighted by Crippen LogP contribution is 2.49. The van der Waals surface area contributed by atoms with E-state index in [4.69, 9.17) is 11.5 Å². The molecule has 0 saturated carbocycles. The van der Waals surface area contributed by atoms with Crippen LogP contribution in [0.4, 0.5) is 0 Å². The van der Waals surface area contributed by atoms with E-state index >= 15 is 28.8 Å². The van der Waals surface area contributed by atoms with Crippen LogP contribution < -0.4 is 59.3 Å². The molecule has 21 nitrogen and oxygen atoms in total. The lowest BCUT2D eigenvalue weighted by atomic mass is 10.0. The molecule has 0 radical (unpaired) electrons. The number of carbonyl (C=O) groups is 10. The Bertz CT molecular complexity index is 4100. The Kier molecular flexibility index (Phi) is 44.6. The van der Waals surface area contributed by atoms with Crippen molar-refractivity contribution < 1.29 is 47.9 Å². The van der Waals surface area contributed by atoms with Gasteiger partial charge in [0.25, 0.3) is 0 Å². The summed E-state index contributed by atoms with van der Waals surface area (Å²) in [6.45, 7) is 27.2. The Labute approximate surface area is 727 Å². The second-order valence-electron chi connectivity index (χ2n) is 34.5. The van der Waals surface area contributed by atoms with Crippen molar-refractivity contribution in [1.82, 2.24) is 47.9 Å². The molecule has 6 aromatic carbocycles. The van der Waals surface area contributed by atoms with E-state index in [1.54, 1.807) is 36.0 Å². The Morgan fingerprint density at radius 3 is 0.622 bits per heavy atom. The van der Waals surface area contributed by atoms with Gasteiger partial charge in [0.05, 0.1) is 30.7 Å². The number of thioether (sulfide) groups is 4. The Balaban J connectivity index is 1.33. The molecule has 13 N–H and O–H groups in total. The third-order valence-electron chi connectivity index (χ3n) is 19.4. The van der Waals surface area contributed by atoms with Gasteiger partial charge in [-0.1, -0.05) is 182 Å². The summed E-state index contributed by atoms with van der Waals surface area (Å²) >= 11 is 6.05. The average molecular weight is 1780 g/mol. The minimum absolute atomic E-state index is 0.00332. The molecule has 6 rings (SSSR count). The van der Waals surface area contributed by atoms with Crippen molar-refractivity contribution in [3.8, 4) is 0 Å². The zero-order valence-electron chi connectivity index (χ0n) is 71.8. The van der Waals surface area contributed by atoms with Gasteiger partial charge in [-0.25, -0.2) is 0 Å². The molecular weight excluding hydrogens is 1650 g/mol. The highest BCUT2D eigenvalue weighted by molar-refractivity contribution is 8.00. The molecule has 10 amide bonds. The number of hydrogen-bond donors (Lipinski definition) is 11. The van der Waals surface area contributed by atoms with Crippen molar-refractivity contribution in [2.24, 2.45) is 11.5 Å². The van der Waals surface area contributed by atoms with Crippen molar-refractivity contribution in [2.45, 2.75) is 125 Å². The normalized spacial score (nSPS) is 14.3. The Hall–Kier alpha value is -6.90. The monoisotopic (exact) mass is 1780 g/mol. The molecule has 648 valence electrons. The number of rotatable bonds is 55. The highest BCUT2D eigenvalue weighted by atomic mass is 32.2. The molecule has 0 unspecified atom stereocenters. The maximum Gasteiger partial charge on any atom is 0.244 e. The van der Waals surface area contributed by atoms with Crippen molar-refractivity contribution in [3.63, 3.8) is 0 Å². The first-order valence-corrected chi connectivity index (χ1v) is 58.9. The molecule has 0 aliphatic carbocycles. The topological polar surface area (TPSA) is 331 Å². The van der Waals surface area contributed by atoms with Gasteiger partial charge in [-0.15, -0.1) is 0 Å². The van der Waals surface area contributed by atoms with E-state index in [2.05, 4.69) is 128 Å². The van der Waals surface area contributed by atoms with Crippen molar-refractivity contribution in [1.29, 1.82) is 0 Å². The van der Waals surface area contributed by atoms with Gasteiger partial charge >= 0.3 is 0 Å². The predicted molar refractivity (Wildman–Crippen MR) is 511 cm³/mol. The first-order valence-electron chi connectivity index (χ1n) is 41.0. The molecule has 10 atom stereocenters. The summed E-state index contributed by atoms with van der Waals surface area (Å²) in [6.07, 6.45) is 7.72. The van der Waals surface area contributed by atoms with Gasteiger partial charge in [-0.05, 0) is 82.1 Å². The van der Waals surface area contributed by atoms with E-state index in [9.17, 15) is 19.2 Å². The number of nitrogens with two attached hydrogens (primary N) is 2. The molecule has 0 spiro atoms. The lowest BCUT2D eigenvalue weighted by Gasteiger charge is -2.29. The zero-order chi connectivity index (χ0) is 87.0. The molecule has 0 aromatic heterocycles. The Morgan fingerprint density at radius 2 is 0.420 bits per heavy atom. The molecule has 0 fully saturated rings. The second-order valence-corrected chi connectivity index (χ2v) is 59.2. The van der Waals surface area contributed by atoms with E-state index in [1.165, 1.54) is 35.3 Å². The zero-order valence-corrected chi connectivity index (χ0v) is 78.7. The largest absolute Gasteiger partial charge is 0.368 e. The van der Waals surface area contributed by atoms with E-state index in [-0.39, 0.29) is 55.8 Å². The third kappa shape index (κ3) is 42.2. The quantitative estimate of drug-likeness (QED) is 0.0125. The number of benzene rings is 6.